The molecule has 3 aromatic rings. The van der Waals surface area contributed by atoms with Crippen LogP contribution in [0.5, 0.6) is 11.5 Å². The van der Waals surface area contributed by atoms with E-state index < -0.39 is 11.6 Å². The summed E-state index contributed by atoms with van der Waals surface area (Å²) in [6.07, 6.45) is 1.61. The molecule has 0 aliphatic carbocycles. The first-order valence-corrected chi connectivity index (χ1v) is 9.89. The zero-order chi connectivity index (χ0) is 22.1. The van der Waals surface area contributed by atoms with E-state index in [1.165, 1.54) is 6.07 Å². The molecule has 1 aromatic carbocycles. The molecule has 0 unspecified atom stereocenters. The summed E-state index contributed by atoms with van der Waals surface area (Å²) in [5.41, 5.74) is 1.06. The van der Waals surface area contributed by atoms with Gasteiger partial charge in [-0.2, -0.15) is 5.26 Å². The van der Waals surface area contributed by atoms with Gasteiger partial charge in [0.25, 0.3) is 0 Å². The van der Waals surface area contributed by atoms with E-state index in [4.69, 9.17) is 21.1 Å². The lowest BCUT2D eigenvalue weighted by molar-refractivity contribution is 0.212. The van der Waals surface area contributed by atoms with Crippen molar-refractivity contribution in [2.45, 2.75) is 19.8 Å². The summed E-state index contributed by atoms with van der Waals surface area (Å²) >= 11 is 6.32. The molecule has 1 N–H and O–H groups in total. The number of rotatable bonds is 1. The first-order chi connectivity index (χ1) is 14.9. The largest absolute Gasteiger partial charge is 0.488 e. The van der Waals surface area contributed by atoms with Crippen LogP contribution in [0.1, 0.15) is 31.0 Å². The van der Waals surface area contributed by atoms with Crippen molar-refractivity contribution in [1.29, 1.82) is 5.26 Å². The van der Waals surface area contributed by atoms with Gasteiger partial charge in [0.05, 0.1) is 27.5 Å². The number of pyridine rings is 2. The van der Waals surface area contributed by atoms with E-state index in [1.807, 2.05) is 19.9 Å². The predicted molar refractivity (Wildman–Crippen MR) is 112 cm³/mol. The van der Waals surface area contributed by atoms with Crippen LogP contribution in [-0.2, 0) is 0 Å². The van der Waals surface area contributed by atoms with Crippen molar-refractivity contribution in [2.24, 2.45) is 0 Å². The Morgan fingerprint density at radius 2 is 1.90 bits per heavy atom. The number of nitrogens with one attached hydrogen (secondary N) is 1. The van der Waals surface area contributed by atoms with Gasteiger partial charge in [-0.3, -0.25) is 4.98 Å². The molecule has 0 amide bonds. The van der Waals surface area contributed by atoms with Crippen molar-refractivity contribution in [3.8, 4) is 28.8 Å². The van der Waals surface area contributed by atoms with E-state index in [1.54, 1.807) is 12.3 Å². The summed E-state index contributed by atoms with van der Waals surface area (Å²) in [6.45, 7) is 3.94. The molecule has 0 saturated heterocycles. The van der Waals surface area contributed by atoms with E-state index in [0.717, 1.165) is 12.1 Å². The number of anilines is 2. The molecule has 0 saturated carbocycles. The van der Waals surface area contributed by atoms with E-state index in [2.05, 4.69) is 15.3 Å². The minimum Gasteiger partial charge on any atom is -0.488 e. The monoisotopic (exact) mass is 442 g/mol. The fourth-order valence-corrected chi connectivity index (χ4v) is 3.54. The lowest BCUT2D eigenvalue weighted by Crippen LogP contribution is -2.14. The van der Waals surface area contributed by atoms with Crippen molar-refractivity contribution in [3.05, 3.63) is 58.4 Å². The van der Waals surface area contributed by atoms with Gasteiger partial charge in [0, 0.05) is 12.3 Å². The zero-order valence-electron chi connectivity index (χ0n) is 16.7. The molecule has 3 heterocycles. The topological polar surface area (TPSA) is 80.1 Å². The first-order valence-electron chi connectivity index (χ1n) is 9.51. The van der Waals surface area contributed by atoms with Crippen LogP contribution in [0, 0.1) is 23.0 Å². The van der Waals surface area contributed by atoms with Gasteiger partial charge in [-0.15, -0.1) is 0 Å². The Labute approximate surface area is 182 Å². The van der Waals surface area contributed by atoms with E-state index >= 15 is 0 Å². The lowest BCUT2D eigenvalue weighted by Gasteiger charge is -2.21. The average Bonchev–Trinajstić information content (AvgIpc) is 2.74. The van der Waals surface area contributed by atoms with Crippen LogP contribution < -0.4 is 14.8 Å². The van der Waals surface area contributed by atoms with Crippen LogP contribution in [0.2, 0.25) is 5.02 Å². The molecule has 0 atom stereocenters. The number of aromatic nitrogens is 2. The van der Waals surface area contributed by atoms with Gasteiger partial charge in [0.2, 0.25) is 0 Å². The number of fused-ring (bicyclic) bond motifs is 5. The molecule has 4 rings (SSSR count). The van der Waals surface area contributed by atoms with Crippen molar-refractivity contribution in [2.75, 3.05) is 18.5 Å². The first kappa shape index (κ1) is 20.8. The molecule has 2 aromatic heterocycles. The second-order valence-electron chi connectivity index (χ2n) is 7.11. The molecule has 0 fully saturated rings. The highest BCUT2D eigenvalue weighted by atomic mass is 35.5. The average molecular weight is 443 g/mol. The molecule has 158 valence electrons. The van der Waals surface area contributed by atoms with Crippen molar-refractivity contribution < 1.29 is 18.3 Å². The van der Waals surface area contributed by atoms with Gasteiger partial charge in [-0.1, -0.05) is 25.4 Å². The molecule has 1 aliphatic heterocycles. The van der Waals surface area contributed by atoms with Crippen molar-refractivity contribution in [3.63, 3.8) is 0 Å². The van der Waals surface area contributed by atoms with E-state index in [-0.39, 0.29) is 52.5 Å². The highest BCUT2D eigenvalue weighted by molar-refractivity contribution is 6.33. The molecule has 9 heteroatoms. The molecule has 6 nitrogen and oxygen atoms in total. The van der Waals surface area contributed by atoms with E-state index in [0.29, 0.717) is 17.1 Å². The molecule has 31 heavy (non-hydrogen) atoms. The van der Waals surface area contributed by atoms with Gasteiger partial charge in [0.15, 0.2) is 11.6 Å². The Morgan fingerprint density at radius 1 is 1.16 bits per heavy atom. The standard InChI is InChI=1S/C22H17ClF2N4O2/c1-11(2)18-20-16(5-6-27-18)30-7-8-31-21-15(25)4-3-14(24)17(21)19-13(23)9-12(10-26)22(28-19)29-20/h3-6,9,11H,7-8H2,1-2H3,(H,28,29). The van der Waals surface area contributed by atoms with Gasteiger partial charge in [-0.25, -0.2) is 13.8 Å². The van der Waals surface area contributed by atoms with Crippen LogP contribution in [-0.4, -0.2) is 23.2 Å². The molecule has 0 spiro atoms. The number of nitrogens with zero attached hydrogens (tertiary/aromatic N) is 3. The SMILES string of the molecule is CC(C)c1nccc2c1Nc1nc(c(Cl)cc1C#N)-c1c(F)ccc(F)c1OCCO2. The van der Waals surface area contributed by atoms with Gasteiger partial charge in [-0.05, 0) is 24.1 Å². The van der Waals surface area contributed by atoms with Crippen LogP contribution in [0.15, 0.2) is 30.5 Å². The Kier molecular flexibility index (Phi) is 5.61. The Morgan fingerprint density at radius 3 is 2.65 bits per heavy atom. The third-order valence-electron chi connectivity index (χ3n) is 4.71. The van der Waals surface area contributed by atoms with Gasteiger partial charge >= 0.3 is 0 Å². The molecular weight excluding hydrogens is 426 g/mol. The predicted octanol–water partition coefficient (Wildman–Crippen LogP) is 5.59. The fraction of sp³-hybridized carbons (Fsp3) is 0.227. The summed E-state index contributed by atoms with van der Waals surface area (Å²) in [6, 6.07) is 6.97. The van der Waals surface area contributed by atoms with Crippen LogP contribution >= 0.6 is 11.6 Å². The summed E-state index contributed by atoms with van der Waals surface area (Å²) < 4.78 is 40.7. The summed E-state index contributed by atoms with van der Waals surface area (Å²) in [7, 11) is 0. The third-order valence-corrected chi connectivity index (χ3v) is 5.00. The Bertz CT molecular complexity index is 1210. The van der Waals surface area contributed by atoms with E-state index in [9.17, 15) is 14.0 Å². The number of benzene rings is 1. The highest BCUT2D eigenvalue weighted by Crippen LogP contribution is 2.41. The van der Waals surface area contributed by atoms with Crippen LogP contribution in [0.3, 0.4) is 0 Å². The molecule has 0 radical (unpaired) electrons. The summed E-state index contributed by atoms with van der Waals surface area (Å²) in [5, 5.41) is 12.7. The van der Waals surface area contributed by atoms with Gasteiger partial charge < -0.3 is 14.8 Å². The molecule has 2 bridgehead atoms. The number of hydrogen-bond acceptors (Lipinski definition) is 6. The Hall–Kier alpha value is -3.44. The zero-order valence-corrected chi connectivity index (χ0v) is 17.4. The van der Waals surface area contributed by atoms with Crippen LogP contribution in [0.25, 0.3) is 11.3 Å². The smallest absolute Gasteiger partial charge is 0.167 e. The number of ether oxygens (including phenoxy) is 2. The lowest BCUT2D eigenvalue weighted by atomic mass is 10.1. The summed E-state index contributed by atoms with van der Waals surface area (Å²) in [5.74, 6) is -1.25. The number of hydrogen-bond donors (Lipinski definition) is 1. The second kappa shape index (κ2) is 8.36. The maximum absolute atomic E-state index is 14.8. The minimum absolute atomic E-state index is 0.0137. The maximum atomic E-state index is 14.8. The fourth-order valence-electron chi connectivity index (χ4n) is 3.30. The minimum atomic E-state index is -0.767. The van der Waals surface area contributed by atoms with Crippen LogP contribution in [0.4, 0.5) is 20.3 Å². The van der Waals surface area contributed by atoms with Crippen molar-refractivity contribution >= 4 is 23.1 Å². The van der Waals surface area contributed by atoms with Gasteiger partial charge in [0.1, 0.15) is 42.4 Å². The summed E-state index contributed by atoms with van der Waals surface area (Å²) in [4.78, 5) is 8.80. The third kappa shape index (κ3) is 3.84. The quantitative estimate of drug-likeness (QED) is 0.529. The highest BCUT2D eigenvalue weighted by Gasteiger charge is 2.25. The normalized spacial score (nSPS) is 12.8. The van der Waals surface area contributed by atoms with Crippen molar-refractivity contribution in [1.82, 2.24) is 9.97 Å². The molecule has 1 aliphatic rings. The maximum Gasteiger partial charge on any atom is 0.167 e. The molecular formula is C22H17ClF2N4O2. The second-order valence-corrected chi connectivity index (χ2v) is 7.51. The Balaban J connectivity index is 2.00. The number of nitriles is 1. The number of halogens is 3.